The fourth-order valence-electron chi connectivity index (χ4n) is 2.88. The lowest BCUT2D eigenvalue weighted by atomic mass is 9.92. The molecule has 1 unspecified atom stereocenters. The molecule has 130 valence electrons. The number of benzene rings is 1. The summed E-state index contributed by atoms with van der Waals surface area (Å²) >= 11 is 0. The number of methoxy groups -OCH3 is 1. The first kappa shape index (κ1) is 18.2. The quantitative estimate of drug-likeness (QED) is 0.783. The number of ether oxygens (including phenoxy) is 2. The van der Waals surface area contributed by atoms with Crippen molar-refractivity contribution in [3.8, 4) is 5.75 Å². The number of rotatable bonds is 7. The topological polar surface area (TPSA) is 33.7 Å². The largest absolute Gasteiger partial charge is 0.497 e. The van der Waals surface area contributed by atoms with Crippen LogP contribution in [0.5, 0.6) is 5.75 Å². The molecule has 0 amide bonds. The van der Waals surface area contributed by atoms with E-state index < -0.39 is 0 Å². The second-order valence-electron chi connectivity index (χ2n) is 7.45. The summed E-state index contributed by atoms with van der Waals surface area (Å²) in [5, 5.41) is 3.65. The third-order valence-electron chi connectivity index (χ3n) is 4.38. The predicted octanol–water partition coefficient (Wildman–Crippen LogP) is 3.09. The zero-order valence-electron chi connectivity index (χ0n) is 15.1. The van der Waals surface area contributed by atoms with Gasteiger partial charge in [-0.2, -0.15) is 0 Å². The van der Waals surface area contributed by atoms with Gasteiger partial charge in [0.1, 0.15) is 5.75 Å². The molecule has 0 bridgehead atoms. The van der Waals surface area contributed by atoms with Crippen LogP contribution in [0.15, 0.2) is 24.3 Å². The van der Waals surface area contributed by atoms with Crippen LogP contribution < -0.4 is 10.1 Å². The van der Waals surface area contributed by atoms with Crippen molar-refractivity contribution in [2.24, 2.45) is 5.41 Å². The first-order valence-corrected chi connectivity index (χ1v) is 8.66. The second kappa shape index (κ2) is 8.67. The van der Waals surface area contributed by atoms with Gasteiger partial charge < -0.3 is 14.8 Å². The molecule has 0 saturated carbocycles. The molecular weight excluding hydrogens is 288 g/mol. The number of nitrogens with zero attached hydrogens (tertiary/aromatic N) is 1. The Labute approximate surface area is 141 Å². The monoisotopic (exact) mass is 320 g/mol. The Morgan fingerprint density at radius 2 is 1.83 bits per heavy atom. The third kappa shape index (κ3) is 6.13. The summed E-state index contributed by atoms with van der Waals surface area (Å²) < 4.78 is 10.8. The van der Waals surface area contributed by atoms with Gasteiger partial charge in [-0.3, -0.25) is 4.90 Å². The van der Waals surface area contributed by atoms with Crippen molar-refractivity contribution >= 4 is 0 Å². The molecule has 1 heterocycles. The maximum absolute atomic E-state index is 5.51. The Morgan fingerprint density at radius 1 is 1.17 bits per heavy atom. The molecule has 0 spiro atoms. The normalized spacial score (nSPS) is 17.9. The highest BCUT2D eigenvalue weighted by Gasteiger charge is 2.22. The van der Waals surface area contributed by atoms with Gasteiger partial charge in [0.15, 0.2) is 0 Å². The SMILES string of the molecule is COc1ccc(C(CNCCC(C)(C)C)N2CCOCC2)cc1. The summed E-state index contributed by atoms with van der Waals surface area (Å²) in [5.74, 6) is 0.912. The first-order valence-electron chi connectivity index (χ1n) is 8.66. The van der Waals surface area contributed by atoms with Crippen LogP contribution in [-0.2, 0) is 4.74 Å². The summed E-state index contributed by atoms with van der Waals surface area (Å²) in [7, 11) is 1.71. The van der Waals surface area contributed by atoms with E-state index in [9.17, 15) is 0 Å². The van der Waals surface area contributed by atoms with Crippen LogP contribution >= 0.6 is 0 Å². The molecule has 4 nitrogen and oxygen atoms in total. The highest BCUT2D eigenvalue weighted by molar-refractivity contribution is 5.29. The van der Waals surface area contributed by atoms with Crippen molar-refractivity contribution in [2.75, 3.05) is 46.5 Å². The summed E-state index contributed by atoms with van der Waals surface area (Å²) in [4.78, 5) is 2.52. The standard InChI is InChI=1S/C19H32N2O2/c1-19(2,3)9-10-20-15-18(21-11-13-23-14-12-21)16-5-7-17(22-4)8-6-16/h5-8,18,20H,9-15H2,1-4H3. The van der Waals surface area contributed by atoms with Crippen LogP contribution in [0.1, 0.15) is 38.8 Å². The van der Waals surface area contributed by atoms with Crippen LogP contribution in [0.3, 0.4) is 0 Å². The zero-order chi connectivity index (χ0) is 16.7. The van der Waals surface area contributed by atoms with Crippen LogP contribution in [0.4, 0.5) is 0 Å². The van der Waals surface area contributed by atoms with Crippen molar-refractivity contribution in [1.82, 2.24) is 10.2 Å². The van der Waals surface area contributed by atoms with Gasteiger partial charge in [0.25, 0.3) is 0 Å². The number of hydrogen-bond donors (Lipinski definition) is 1. The fourth-order valence-corrected chi connectivity index (χ4v) is 2.88. The molecule has 0 aliphatic carbocycles. The van der Waals surface area contributed by atoms with Gasteiger partial charge in [0, 0.05) is 25.7 Å². The molecule has 23 heavy (non-hydrogen) atoms. The summed E-state index contributed by atoms with van der Waals surface area (Å²) in [6.45, 7) is 12.5. The molecule has 1 aromatic rings. The number of hydrogen-bond acceptors (Lipinski definition) is 4. The second-order valence-corrected chi connectivity index (χ2v) is 7.45. The van der Waals surface area contributed by atoms with Gasteiger partial charge >= 0.3 is 0 Å². The lowest BCUT2D eigenvalue weighted by Crippen LogP contribution is -2.43. The van der Waals surface area contributed by atoms with E-state index in [1.54, 1.807) is 7.11 Å². The average Bonchev–Trinajstić information content (AvgIpc) is 2.55. The average molecular weight is 320 g/mol. The van der Waals surface area contributed by atoms with Crippen LogP contribution in [-0.4, -0.2) is 51.4 Å². The van der Waals surface area contributed by atoms with Crippen molar-refractivity contribution in [3.63, 3.8) is 0 Å². The molecule has 1 aliphatic rings. The predicted molar refractivity (Wildman–Crippen MR) is 95.1 cm³/mol. The van der Waals surface area contributed by atoms with E-state index >= 15 is 0 Å². The lowest BCUT2D eigenvalue weighted by molar-refractivity contribution is 0.0161. The smallest absolute Gasteiger partial charge is 0.118 e. The van der Waals surface area contributed by atoms with Crippen LogP contribution in [0.2, 0.25) is 0 Å². The molecular formula is C19H32N2O2. The highest BCUT2D eigenvalue weighted by Crippen LogP contribution is 2.24. The Balaban J connectivity index is 1.98. The minimum Gasteiger partial charge on any atom is -0.497 e. The van der Waals surface area contributed by atoms with Gasteiger partial charge in [0.05, 0.1) is 20.3 Å². The minimum atomic E-state index is 0.377. The molecule has 1 N–H and O–H groups in total. The van der Waals surface area contributed by atoms with E-state index in [0.717, 1.165) is 45.1 Å². The Morgan fingerprint density at radius 3 is 2.39 bits per heavy atom. The third-order valence-corrected chi connectivity index (χ3v) is 4.38. The van der Waals surface area contributed by atoms with Crippen LogP contribution in [0.25, 0.3) is 0 Å². The molecule has 0 radical (unpaired) electrons. The maximum Gasteiger partial charge on any atom is 0.118 e. The lowest BCUT2D eigenvalue weighted by Gasteiger charge is -2.35. The summed E-state index contributed by atoms with van der Waals surface area (Å²) in [6, 6.07) is 8.87. The number of morpholine rings is 1. The van der Waals surface area contributed by atoms with E-state index in [-0.39, 0.29) is 0 Å². The van der Waals surface area contributed by atoms with E-state index in [1.165, 1.54) is 12.0 Å². The molecule has 1 atom stereocenters. The molecule has 1 saturated heterocycles. The molecule has 4 heteroatoms. The molecule has 2 rings (SSSR count). The van der Waals surface area contributed by atoms with Crippen molar-refractivity contribution in [1.29, 1.82) is 0 Å². The van der Waals surface area contributed by atoms with Crippen LogP contribution in [0, 0.1) is 5.41 Å². The van der Waals surface area contributed by atoms with E-state index in [0.29, 0.717) is 11.5 Å². The Kier molecular flexibility index (Phi) is 6.88. The van der Waals surface area contributed by atoms with Gasteiger partial charge in [-0.25, -0.2) is 0 Å². The van der Waals surface area contributed by atoms with Gasteiger partial charge in [-0.1, -0.05) is 32.9 Å². The molecule has 1 fully saturated rings. The minimum absolute atomic E-state index is 0.377. The van der Waals surface area contributed by atoms with Crippen molar-refractivity contribution in [3.05, 3.63) is 29.8 Å². The summed E-state index contributed by atoms with van der Waals surface area (Å²) in [5.41, 5.74) is 1.72. The van der Waals surface area contributed by atoms with Gasteiger partial charge in [-0.05, 0) is 36.1 Å². The fraction of sp³-hybridized carbons (Fsp3) is 0.684. The highest BCUT2D eigenvalue weighted by atomic mass is 16.5. The Hall–Kier alpha value is -1.10. The first-order chi connectivity index (χ1) is 11.0. The molecule has 1 aromatic carbocycles. The van der Waals surface area contributed by atoms with E-state index in [2.05, 4.69) is 55.3 Å². The Bertz CT molecular complexity index is 447. The van der Waals surface area contributed by atoms with Crippen molar-refractivity contribution < 1.29 is 9.47 Å². The van der Waals surface area contributed by atoms with Gasteiger partial charge in [0.2, 0.25) is 0 Å². The molecule has 1 aliphatic heterocycles. The summed E-state index contributed by atoms with van der Waals surface area (Å²) in [6.07, 6.45) is 1.19. The number of nitrogens with one attached hydrogen (secondary N) is 1. The van der Waals surface area contributed by atoms with E-state index in [4.69, 9.17) is 9.47 Å². The van der Waals surface area contributed by atoms with E-state index in [1.807, 2.05) is 0 Å². The van der Waals surface area contributed by atoms with Crippen molar-refractivity contribution in [2.45, 2.75) is 33.2 Å². The van der Waals surface area contributed by atoms with Gasteiger partial charge in [-0.15, -0.1) is 0 Å². The maximum atomic E-state index is 5.51. The molecule has 0 aromatic heterocycles. The zero-order valence-corrected chi connectivity index (χ0v) is 15.1.